The summed E-state index contributed by atoms with van der Waals surface area (Å²) in [6.45, 7) is 4.53. The Bertz CT molecular complexity index is 1010. The van der Waals surface area contributed by atoms with E-state index in [-0.39, 0.29) is 23.8 Å². The number of rotatable bonds is 4. The third-order valence-electron chi connectivity index (χ3n) is 8.61. The number of hydrogen-bond acceptors (Lipinski definition) is 5. The molecule has 1 aliphatic carbocycles. The number of benzene rings is 1. The molecule has 2 amide bonds. The summed E-state index contributed by atoms with van der Waals surface area (Å²) in [5.74, 6) is 0.375. The van der Waals surface area contributed by atoms with Gasteiger partial charge in [-0.3, -0.25) is 9.69 Å². The molecule has 34 heavy (non-hydrogen) atoms. The minimum atomic E-state index is -0.479. The highest BCUT2D eigenvalue weighted by Crippen LogP contribution is 2.40. The van der Waals surface area contributed by atoms with E-state index in [4.69, 9.17) is 9.47 Å². The normalized spacial score (nSPS) is 31.2. The number of aliphatic hydroxyl groups is 1. The third-order valence-corrected chi connectivity index (χ3v) is 8.61. The molecule has 3 atom stereocenters. The van der Waals surface area contributed by atoms with Crippen molar-refractivity contribution in [1.29, 1.82) is 0 Å². The van der Waals surface area contributed by atoms with Crippen LogP contribution in [0.25, 0.3) is 0 Å². The predicted octanol–water partition coefficient (Wildman–Crippen LogP) is 1.17. The Balaban J connectivity index is 1.14. The summed E-state index contributed by atoms with van der Waals surface area (Å²) in [7, 11) is 0. The van der Waals surface area contributed by atoms with E-state index in [1.165, 1.54) is 32.1 Å². The van der Waals surface area contributed by atoms with Gasteiger partial charge in [-0.15, -0.1) is 4.99 Å². The lowest BCUT2D eigenvalue weighted by Crippen LogP contribution is -2.82. The Morgan fingerprint density at radius 3 is 2.62 bits per heavy atom. The zero-order valence-corrected chi connectivity index (χ0v) is 19.6. The van der Waals surface area contributed by atoms with Crippen molar-refractivity contribution in [2.75, 3.05) is 26.3 Å². The number of carbonyl (C=O) groups is 2. The second kappa shape index (κ2) is 8.64. The number of aliphatic hydroxyl groups excluding tert-OH is 1. The van der Waals surface area contributed by atoms with Gasteiger partial charge in [-0.2, -0.15) is 0 Å². The van der Waals surface area contributed by atoms with Crippen molar-refractivity contribution in [2.24, 2.45) is 5.41 Å². The van der Waals surface area contributed by atoms with E-state index in [1.807, 2.05) is 18.2 Å². The molecule has 5 aliphatic rings. The van der Waals surface area contributed by atoms with E-state index in [1.54, 1.807) is 4.90 Å². The molecule has 1 unspecified atom stereocenters. The van der Waals surface area contributed by atoms with Crippen LogP contribution in [0.5, 0.6) is 5.75 Å². The summed E-state index contributed by atoms with van der Waals surface area (Å²) in [6, 6.07) is 5.72. The number of fused-ring (bicyclic) bond motifs is 1. The van der Waals surface area contributed by atoms with Gasteiger partial charge in [0.2, 0.25) is 0 Å². The van der Waals surface area contributed by atoms with Crippen molar-refractivity contribution in [3.8, 4) is 5.75 Å². The minimum absolute atomic E-state index is 0.105. The van der Waals surface area contributed by atoms with Crippen LogP contribution in [0.2, 0.25) is 0 Å². The number of carbonyl (C=O) groups excluding carboxylic acids is 2. The van der Waals surface area contributed by atoms with Crippen molar-refractivity contribution >= 4 is 17.7 Å². The summed E-state index contributed by atoms with van der Waals surface area (Å²) in [5, 5.41) is 10.2. The fraction of sp³-hybridized carbons (Fsp3) is 0.654. The van der Waals surface area contributed by atoms with Gasteiger partial charge in [-0.1, -0.05) is 6.42 Å². The average Bonchev–Trinajstić information content (AvgIpc) is 3.14. The maximum Gasteiger partial charge on any atom is 0.388 e. The Kier molecular flexibility index (Phi) is 5.60. The van der Waals surface area contributed by atoms with Crippen LogP contribution in [0.3, 0.4) is 0 Å². The first-order valence-electron chi connectivity index (χ1n) is 12.8. The summed E-state index contributed by atoms with van der Waals surface area (Å²) in [4.78, 5) is 31.3. The van der Waals surface area contributed by atoms with Crippen molar-refractivity contribution < 1.29 is 29.2 Å². The van der Waals surface area contributed by atoms with Gasteiger partial charge in [0.25, 0.3) is 5.91 Å². The maximum atomic E-state index is 13.0. The lowest BCUT2D eigenvalue weighted by atomic mass is 9.76. The topological polar surface area (TPSA) is 93.3 Å². The van der Waals surface area contributed by atoms with Crippen molar-refractivity contribution in [2.45, 2.75) is 76.1 Å². The number of nitrogens with zero attached hydrogens (tertiary/aromatic N) is 2. The largest absolute Gasteiger partial charge is 0.489 e. The molecule has 1 aromatic rings. The van der Waals surface area contributed by atoms with Crippen LogP contribution in [0.4, 0.5) is 0 Å². The number of amides is 2. The quantitative estimate of drug-likeness (QED) is 0.689. The Morgan fingerprint density at radius 1 is 1.09 bits per heavy atom. The van der Waals surface area contributed by atoms with Crippen LogP contribution in [-0.4, -0.2) is 77.1 Å². The highest BCUT2D eigenvalue weighted by molar-refractivity contribution is 6.01. The third kappa shape index (κ3) is 3.90. The summed E-state index contributed by atoms with van der Waals surface area (Å²) >= 11 is 0. The lowest BCUT2D eigenvalue weighted by molar-refractivity contribution is -0.394. The van der Waals surface area contributed by atoms with Gasteiger partial charge in [0.05, 0.1) is 19.6 Å². The SMILES string of the molecule is O=C1CCC(N2Cc3cc(O[C@@H]4CCCC[C@@H]4N4CCC5(CC4)COC5)ccc3C2=O)C(O)=[NH+]1. The monoisotopic (exact) mass is 468 g/mol. The van der Waals surface area contributed by atoms with Crippen molar-refractivity contribution in [3.63, 3.8) is 0 Å². The Labute approximate surface area is 199 Å². The van der Waals surface area contributed by atoms with Crippen LogP contribution in [0.1, 0.15) is 67.3 Å². The number of piperidine rings is 1. The van der Waals surface area contributed by atoms with Crippen molar-refractivity contribution in [1.82, 2.24) is 9.80 Å². The van der Waals surface area contributed by atoms with Gasteiger partial charge in [0, 0.05) is 23.6 Å². The molecule has 1 spiro atoms. The molecule has 1 aromatic carbocycles. The van der Waals surface area contributed by atoms with Gasteiger partial charge in [0.15, 0.2) is 6.04 Å². The molecule has 2 saturated heterocycles. The van der Waals surface area contributed by atoms with Crippen LogP contribution >= 0.6 is 0 Å². The standard InChI is InChI=1S/C26H33N3O5/c30-23-8-7-21(24(31)27-23)29-14-17-13-18(5-6-19(17)25(29)32)34-22-4-2-1-3-20(22)28-11-9-26(10-12-28)15-33-16-26/h5-6,13,20-22H,1-4,7-12,14-16H2,(H,27,30,31)/p+1/t20-,21?,22+/m0/s1. The van der Waals surface area contributed by atoms with Gasteiger partial charge >= 0.3 is 11.8 Å². The summed E-state index contributed by atoms with van der Waals surface area (Å²) in [6.07, 6.45) is 8.02. The molecule has 1 saturated carbocycles. The fourth-order valence-corrected chi connectivity index (χ4v) is 6.46. The molecule has 8 nitrogen and oxygen atoms in total. The molecule has 182 valence electrons. The van der Waals surface area contributed by atoms with Gasteiger partial charge in [-0.05, 0) is 75.4 Å². The molecular formula is C26H34N3O5+. The molecule has 3 fully saturated rings. The molecule has 4 aliphatic heterocycles. The molecule has 0 aromatic heterocycles. The molecule has 0 bridgehead atoms. The molecule has 0 radical (unpaired) electrons. The van der Waals surface area contributed by atoms with E-state index in [9.17, 15) is 14.7 Å². The second-order valence-electron chi connectivity index (χ2n) is 10.8. The van der Waals surface area contributed by atoms with Crippen molar-refractivity contribution in [3.05, 3.63) is 29.3 Å². The zero-order chi connectivity index (χ0) is 23.3. The van der Waals surface area contributed by atoms with Gasteiger partial charge in [-0.25, -0.2) is 4.79 Å². The fourth-order valence-electron chi connectivity index (χ4n) is 6.46. The number of hydrogen-bond donors (Lipinski definition) is 2. The average molecular weight is 469 g/mol. The molecule has 6 rings (SSSR count). The smallest absolute Gasteiger partial charge is 0.388 e. The summed E-state index contributed by atoms with van der Waals surface area (Å²) < 4.78 is 12.1. The Hall–Kier alpha value is -2.45. The predicted molar refractivity (Wildman–Crippen MR) is 124 cm³/mol. The number of ether oxygens (including phenoxy) is 2. The Morgan fingerprint density at radius 2 is 1.88 bits per heavy atom. The molecule has 8 heteroatoms. The van der Waals surface area contributed by atoms with E-state index in [0.717, 1.165) is 44.0 Å². The first-order valence-corrected chi connectivity index (χ1v) is 12.8. The molecule has 2 N–H and O–H groups in total. The summed E-state index contributed by atoms with van der Waals surface area (Å²) in [5.41, 5.74) is 2.01. The van der Waals surface area contributed by atoms with E-state index in [0.29, 0.717) is 36.4 Å². The molecular weight excluding hydrogens is 434 g/mol. The van der Waals surface area contributed by atoms with Crippen LogP contribution in [0.15, 0.2) is 18.2 Å². The lowest BCUT2D eigenvalue weighted by Gasteiger charge is -2.50. The van der Waals surface area contributed by atoms with E-state index >= 15 is 0 Å². The van der Waals surface area contributed by atoms with Crippen LogP contribution in [0, 0.1) is 5.41 Å². The van der Waals surface area contributed by atoms with Gasteiger partial charge in [0.1, 0.15) is 11.9 Å². The first kappa shape index (κ1) is 22.0. The number of likely N-dealkylation sites (tertiary alicyclic amines) is 1. The van der Waals surface area contributed by atoms with Crippen LogP contribution in [-0.2, 0) is 16.1 Å². The molecule has 4 heterocycles. The maximum absolute atomic E-state index is 13.0. The van der Waals surface area contributed by atoms with E-state index in [2.05, 4.69) is 9.89 Å². The number of nitrogens with one attached hydrogen (secondary N) is 1. The highest BCUT2D eigenvalue weighted by Gasteiger charge is 2.44. The minimum Gasteiger partial charge on any atom is -0.489 e. The first-order chi connectivity index (χ1) is 16.5. The highest BCUT2D eigenvalue weighted by atomic mass is 16.5. The zero-order valence-electron chi connectivity index (χ0n) is 19.6. The second-order valence-corrected chi connectivity index (χ2v) is 10.8. The van der Waals surface area contributed by atoms with Gasteiger partial charge < -0.3 is 19.5 Å². The van der Waals surface area contributed by atoms with E-state index < -0.39 is 6.04 Å². The van der Waals surface area contributed by atoms with Crippen LogP contribution < -0.4 is 9.73 Å².